The van der Waals surface area contributed by atoms with Crippen LogP contribution < -0.4 is 5.32 Å². The number of benzene rings is 1. The third kappa shape index (κ3) is 2.59. The fourth-order valence-corrected chi connectivity index (χ4v) is 2.82. The quantitative estimate of drug-likeness (QED) is 0.798. The molecule has 0 saturated heterocycles. The first-order valence-electron chi connectivity index (χ1n) is 6.89. The van der Waals surface area contributed by atoms with Crippen molar-refractivity contribution in [2.45, 2.75) is 33.6 Å². The van der Waals surface area contributed by atoms with Gasteiger partial charge in [0.25, 0.3) is 0 Å². The lowest BCUT2D eigenvalue weighted by atomic mass is 10.0. The summed E-state index contributed by atoms with van der Waals surface area (Å²) in [5.74, 6) is 0. The molecule has 1 heterocycles. The minimum absolute atomic E-state index is 1.06. The van der Waals surface area contributed by atoms with Crippen molar-refractivity contribution in [2.75, 3.05) is 13.1 Å². The van der Waals surface area contributed by atoms with Crippen molar-refractivity contribution in [3.05, 3.63) is 35.0 Å². The Bertz CT molecular complexity index is 538. The lowest BCUT2D eigenvalue weighted by Crippen LogP contribution is -2.14. The molecule has 0 saturated carbocycles. The highest BCUT2D eigenvalue weighted by atomic mass is 14.9. The summed E-state index contributed by atoms with van der Waals surface area (Å²) in [6, 6.07) is 4.59. The van der Waals surface area contributed by atoms with E-state index in [0.29, 0.717) is 0 Å². The molecule has 0 spiro atoms. The van der Waals surface area contributed by atoms with E-state index >= 15 is 0 Å². The number of nitrogens with zero attached hydrogens (tertiary/aromatic N) is 1. The van der Waals surface area contributed by atoms with Gasteiger partial charge in [-0.3, -0.25) is 0 Å². The SMILES string of the molecule is CCNCCCc1cn(C)c2c(C)cc(C)cc12. The summed E-state index contributed by atoms with van der Waals surface area (Å²) in [5, 5.41) is 4.83. The van der Waals surface area contributed by atoms with Crippen LogP contribution in [0.3, 0.4) is 0 Å². The molecule has 0 bridgehead atoms. The molecule has 0 aliphatic rings. The van der Waals surface area contributed by atoms with Gasteiger partial charge in [-0.2, -0.15) is 0 Å². The Morgan fingerprint density at radius 1 is 1.22 bits per heavy atom. The van der Waals surface area contributed by atoms with Gasteiger partial charge in [-0.25, -0.2) is 0 Å². The first-order chi connectivity index (χ1) is 8.63. The van der Waals surface area contributed by atoms with Crippen LogP contribution in [0.1, 0.15) is 30.0 Å². The van der Waals surface area contributed by atoms with E-state index < -0.39 is 0 Å². The smallest absolute Gasteiger partial charge is 0.0510 e. The van der Waals surface area contributed by atoms with Gasteiger partial charge in [0.15, 0.2) is 0 Å². The van der Waals surface area contributed by atoms with E-state index in [1.807, 2.05) is 0 Å². The number of aromatic nitrogens is 1. The van der Waals surface area contributed by atoms with Gasteiger partial charge in [0.1, 0.15) is 0 Å². The summed E-state index contributed by atoms with van der Waals surface area (Å²) in [5.41, 5.74) is 5.61. The Balaban J connectivity index is 2.28. The van der Waals surface area contributed by atoms with Gasteiger partial charge in [-0.15, -0.1) is 0 Å². The third-order valence-electron chi connectivity index (χ3n) is 3.54. The molecule has 1 aromatic carbocycles. The van der Waals surface area contributed by atoms with E-state index in [9.17, 15) is 0 Å². The molecule has 0 amide bonds. The standard InChI is InChI=1S/C16H24N2/c1-5-17-8-6-7-14-11-18(4)16-13(3)9-12(2)10-15(14)16/h9-11,17H,5-8H2,1-4H3. The van der Waals surface area contributed by atoms with Gasteiger partial charge in [-0.05, 0) is 57.0 Å². The minimum Gasteiger partial charge on any atom is -0.350 e. The van der Waals surface area contributed by atoms with Crippen molar-refractivity contribution in [1.29, 1.82) is 0 Å². The number of hydrogen-bond acceptors (Lipinski definition) is 1. The summed E-state index contributed by atoms with van der Waals surface area (Å²) < 4.78 is 2.27. The number of nitrogens with one attached hydrogen (secondary N) is 1. The van der Waals surface area contributed by atoms with Gasteiger partial charge in [-0.1, -0.05) is 18.6 Å². The molecule has 0 unspecified atom stereocenters. The summed E-state index contributed by atoms with van der Waals surface area (Å²) in [4.78, 5) is 0. The Hall–Kier alpha value is -1.28. The third-order valence-corrected chi connectivity index (χ3v) is 3.54. The highest BCUT2D eigenvalue weighted by molar-refractivity contribution is 5.87. The largest absolute Gasteiger partial charge is 0.350 e. The maximum Gasteiger partial charge on any atom is 0.0510 e. The first kappa shape index (κ1) is 13.2. The van der Waals surface area contributed by atoms with Crippen LogP contribution in [0.4, 0.5) is 0 Å². The molecular formula is C16H24N2. The zero-order valence-electron chi connectivity index (χ0n) is 12.0. The normalized spacial score (nSPS) is 11.3. The lowest BCUT2D eigenvalue weighted by molar-refractivity contribution is 0.673. The highest BCUT2D eigenvalue weighted by Gasteiger charge is 2.09. The molecule has 2 rings (SSSR count). The summed E-state index contributed by atoms with van der Waals surface area (Å²) in [7, 11) is 2.15. The highest BCUT2D eigenvalue weighted by Crippen LogP contribution is 2.26. The van der Waals surface area contributed by atoms with E-state index in [0.717, 1.165) is 19.5 Å². The lowest BCUT2D eigenvalue weighted by Gasteiger charge is -2.04. The second kappa shape index (κ2) is 5.57. The van der Waals surface area contributed by atoms with Crippen molar-refractivity contribution in [3.8, 4) is 0 Å². The van der Waals surface area contributed by atoms with E-state index in [-0.39, 0.29) is 0 Å². The van der Waals surface area contributed by atoms with Crippen LogP contribution in [0, 0.1) is 13.8 Å². The Morgan fingerprint density at radius 2 is 2.00 bits per heavy atom. The van der Waals surface area contributed by atoms with E-state index in [4.69, 9.17) is 0 Å². The van der Waals surface area contributed by atoms with Crippen molar-refractivity contribution in [2.24, 2.45) is 7.05 Å². The molecule has 2 nitrogen and oxygen atoms in total. The molecule has 1 N–H and O–H groups in total. The van der Waals surface area contributed by atoms with Crippen LogP contribution in [-0.4, -0.2) is 17.7 Å². The molecule has 0 radical (unpaired) electrons. The van der Waals surface area contributed by atoms with Crippen molar-refractivity contribution in [1.82, 2.24) is 9.88 Å². The topological polar surface area (TPSA) is 17.0 Å². The van der Waals surface area contributed by atoms with Gasteiger partial charge >= 0.3 is 0 Å². The van der Waals surface area contributed by atoms with Crippen LogP contribution in [0.5, 0.6) is 0 Å². The molecule has 0 fully saturated rings. The van der Waals surface area contributed by atoms with E-state index in [1.165, 1.54) is 34.0 Å². The average Bonchev–Trinajstić information content (AvgIpc) is 2.61. The zero-order chi connectivity index (χ0) is 13.1. The first-order valence-corrected chi connectivity index (χ1v) is 6.89. The van der Waals surface area contributed by atoms with Crippen molar-refractivity contribution in [3.63, 3.8) is 0 Å². The molecule has 0 atom stereocenters. The Kier molecular flexibility index (Phi) is 4.07. The van der Waals surface area contributed by atoms with Crippen LogP contribution in [0.2, 0.25) is 0 Å². The Labute approximate surface area is 110 Å². The molecule has 18 heavy (non-hydrogen) atoms. The molecule has 0 aliphatic carbocycles. The van der Waals surface area contributed by atoms with Crippen LogP contribution in [-0.2, 0) is 13.5 Å². The molecule has 2 heteroatoms. The van der Waals surface area contributed by atoms with Crippen LogP contribution >= 0.6 is 0 Å². The molecule has 1 aromatic heterocycles. The predicted octanol–water partition coefficient (Wildman–Crippen LogP) is 3.34. The zero-order valence-corrected chi connectivity index (χ0v) is 12.0. The molecule has 0 aliphatic heterocycles. The second-order valence-corrected chi connectivity index (χ2v) is 5.20. The number of fused-ring (bicyclic) bond motifs is 1. The second-order valence-electron chi connectivity index (χ2n) is 5.20. The average molecular weight is 244 g/mol. The maximum atomic E-state index is 3.39. The van der Waals surface area contributed by atoms with Crippen molar-refractivity contribution < 1.29 is 0 Å². The maximum absolute atomic E-state index is 3.39. The molecule has 2 aromatic rings. The van der Waals surface area contributed by atoms with Crippen LogP contribution in [0.25, 0.3) is 10.9 Å². The van der Waals surface area contributed by atoms with Gasteiger partial charge in [0.05, 0.1) is 5.52 Å². The van der Waals surface area contributed by atoms with Gasteiger partial charge in [0.2, 0.25) is 0 Å². The number of aryl methyl sites for hydroxylation is 4. The fraction of sp³-hybridized carbons (Fsp3) is 0.500. The Morgan fingerprint density at radius 3 is 2.72 bits per heavy atom. The molecular weight excluding hydrogens is 220 g/mol. The number of hydrogen-bond donors (Lipinski definition) is 1. The number of rotatable bonds is 5. The van der Waals surface area contributed by atoms with Crippen molar-refractivity contribution >= 4 is 10.9 Å². The van der Waals surface area contributed by atoms with E-state index in [1.54, 1.807) is 0 Å². The summed E-state index contributed by atoms with van der Waals surface area (Å²) in [6.07, 6.45) is 4.66. The fourth-order valence-electron chi connectivity index (χ4n) is 2.82. The van der Waals surface area contributed by atoms with Gasteiger partial charge in [0, 0.05) is 18.6 Å². The summed E-state index contributed by atoms with van der Waals surface area (Å²) >= 11 is 0. The van der Waals surface area contributed by atoms with Crippen LogP contribution in [0.15, 0.2) is 18.3 Å². The van der Waals surface area contributed by atoms with E-state index in [2.05, 4.69) is 56.0 Å². The molecule has 98 valence electrons. The summed E-state index contributed by atoms with van der Waals surface area (Å²) in [6.45, 7) is 8.72. The monoisotopic (exact) mass is 244 g/mol. The van der Waals surface area contributed by atoms with Gasteiger partial charge < -0.3 is 9.88 Å². The predicted molar refractivity (Wildman–Crippen MR) is 79.3 cm³/mol. The minimum atomic E-state index is 1.06.